The molecule has 6 heteroatoms. The van der Waals surface area contributed by atoms with Crippen LogP contribution in [-0.4, -0.2) is 41.6 Å². The van der Waals surface area contributed by atoms with Gasteiger partial charge in [0, 0.05) is 13.0 Å². The van der Waals surface area contributed by atoms with E-state index in [1.54, 1.807) is 12.1 Å². The van der Waals surface area contributed by atoms with Gasteiger partial charge < -0.3 is 9.64 Å². The molecule has 0 radical (unpaired) electrons. The normalized spacial score (nSPS) is 18.2. The van der Waals surface area contributed by atoms with Crippen LogP contribution in [0.3, 0.4) is 0 Å². The molecule has 1 aromatic carbocycles. The third-order valence-corrected chi connectivity index (χ3v) is 5.08. The van der Waals surface area contributed by atoms with E-state index in [1.165, 1.54) is 23.5 Å². The van der Waals surface area contributed by atoms with Gasteiger partial charge in [-0.2, -0.15) is 0 Å². The summed E-state index contributed by atoms with van der Waals surface area (Å²) in [5.74, 6) is -0.220. The largest absolute Gasteiger partial charge is 0.377 e. The van der Waals surface area contributed by atoms with Gasteiger partial charge in [-0.3, -0.25) is 4.79 Å². The van der Waals surface area contributed by atoms with Gasteiger partial charge in [-0.1, -0.05) is 12.1 Å². The van der Waals surface area contributed by atoms with Gasteiger partial charge in [0.15, 0.2) is 0 Å². The number of halogens is 1. The second kappa shape index (κ2) is 6.76. The Kier molecular flexibility index (Phi) is 4.73. The summed E-state index contributed by atoms with van der Waals surface area (Å²) in [7, 11) is 0. The maximum atomic E-state index is 13.0. The number of hydrogen-bond acceptors (Lipinski definition) is 4. The van der Waals surface area contributed by atoms with Crippen LogP contribution >= 0.6 is 11.3 Å². The van der Waals surface area contributed by atoms with E-state index in [2.05, 4.69) is 4.98 Å². The molecule has 4 nitrogen and oxygen atoms in total. The first-order chi connectivity index (χ1) is 11.0. The van der Waals surface area contributed by atoms with Gasteiger partial charge in [0.1, 0.15) is 10.7 Å². The molecule has 1 amide bonds. The molecule has 0 saturated carbocycles. The van der Waals surface area contributed by atoms with Crippen molar-refractivity contribution in [3.8, 4) is 0 Å². The fourth-order valence-electron chi connectivity index (χ4n) is 2.66. The number of aromatic nitrogens is 1. The summed E-state index contributed by atoms with van der Waals surface area (Å²) >= 11 is 1.43. The molecule has 2 aromatic rings. The highest BCUT2D eigenvalue weighted by atomic mass is 32.1. The summed E-state index contributed by atoms with van der Waals surface area (Å²) in [6, 6.07) is 6.46. The summed E-state index contributed by atoms with van der Waals surface area (Å²) in [6.07, 6.45) is 0.609. The lowest BCUT2D eigenvalue weighted by atomic mass is 10.1. The fourth-order valence-corrected chi connectivity index (χ4v) is 3.72. The van der Waals surface area contributed by atoms with Crippen molar-refractivity contribution in [2.75, 3.05) is 19.8 Å². The van der Waals surface area contributed by atoms with Crippen LogP contribution in [0.2, 0.25) is 0 Å². The number of rotatable bonds is 3. The van der Waals surface area contributed by atoms with Crippen LogP contribution in [0.1, 0.15) is 32.9 Å². The zero-order valence-electron chi connectivity index (χ0n) is 13.2. The van der Waals surface area contributed by atoms with Crippen molar-refractivity contribution in [1.82, 2.24) is 9.88 Å². The van der Waals surface area contributed by atoms with Crippen LogP contribution in [0.25, 0.3) is 0 Å². The molecule has 23 heavy (non-hydrogen) atoms. The number of aryl methyl sites for hydroxylation is 1. The van der Waals surface area contributed by atoms with Gasteiger partial charge in [-0.25, -0.2) is 9.37 Å². The molecule has 0 bridgehead atoms. The Morgan fingerprint density at radius 3 is 2.87 bits per heavy atom. The number of morpholine rings is 1. The van der Waals surface area contributed by atoms with Gasteiger partial charge >= 0.3 is 0 Å². The quantitative estimate of drug-likeness (QED) is 0.866. The Bertz CT molecular complexity index is 699. The number of nitrogens with zero attached hydrogens (tertiary/aromatic N) is 2. The van der Waals surface area contributed by atoms with Gasteiger partial charge in [0.25, 0.3) is 5.91 Å². The van der Waals surface area contributed by atoms with Crippen LogP contribution in [0.4, 0.5) is 4.39 Å². The molecule has 1 atom stereocenters. The molecule has 1 fully saturated rings. The van der Waals surface area contributed by atoms with Gasteiger partial charge in [0.05, 0.1) is 30.0 Å². The number of ether oxygens (including phenoxy) is 1. The van der Waals surface area contributed by atoms with E-state index in [-0.39, 0.29) is 17.8 Å². The monoisotopic (exact) mass is 334 g/mol. The number of carbonyl (C=O) groups excluding carboxylic acids is 1. The molecular weight excluding hydrogens is 315 g/mol. The first-order valence-electron chi connectivity index (χ1n) is 7.64. The number of carbonyl (C=O) groups is 1. The molecule has 0 aliphatic carbocycles. The summed E-state index contributed by atoms with van der Waals surface area (Å²) < 4.78 is 18.4. The van der Waals surface area contributed by atoms with E-state index >= 15 is 0 Å². The number of hydrogen-bond donors (Lipinski definition) is 0. The minimum absolute atomic E-state index is 0.0288. The lowest BCUT2D eigenvalue weighted by Crippen LogP contribution is -2.47. The van der Waals surface area contributed by atoms with Crippen molar-refractivity contribution < 1.29 is 13.9 Å². The molecule has 1 aromatic heterocycles. The van der Waals surface area contributed by atoms with Crippen molar-refractivity contribution in [2.24, 2.45) is 0 Å². The van der Waals surface area contributed by atoms with Crippen LogP contribution in [0.5, 0.6) is 0 Å². The molecule has 0 N–H and O–H groups in total. The van der Waals surface area contributed by atoms with Gasteiger partial charge in [-0.05, 0) is 31.5 Å². The number of thiazole rings is 1. The first kappa shape index (κ1) is 16.1. The molecule has 0 spiro atoms. The minimum Gasteiger partial charge on any atom is -0.377 e. The number of amides is 1. The van der Waals surface area contributed by atoms with Crippen molar-refractivity contribution in [1.29, 1.82) is 0 Å². The van der Waals surface area contributed by atoms with E-state index in [9.17, 15) is 9.18 Å². The zero-order chi connectivity index (χ0) is 16.4. The van der Waals surface area contributed by atoms with Crippen molar-refractivity contribution in [3.05, 3.63) is 51.2 Å². The molecule has 1 aliphatic heterocycles. The third-order valence-electron chi connectivity index (χ3n) is 3.93. The lowest BCUT2D eigenvalue weighted by molar-refractivity contribution is 0.00381. The molecule has 1 saturated heterocycles. The van der Waals surface area contributed by atoms with E-state index in [0.717, 1.165) is 16.3 Å². The zero-order valence-corrected chi connectivity index (χ0v) is 14.0. The molecule has 0 unspecified atom stereocenters. The SMILES string of the molecule is Cc1nc(Cc2ccc(F)cc2)sc1C(=O)N1CCOC[C@H]1C. The molecule has 1 aliphatic rings. The van der Waals surface area contributed by atoms with Crippen LogP contribution in [0.15, 0.2) is 24.3 Å². The maximum Gasteiger partial charge on any atom is 0.266 e. The average Bonchev–Trinajstić information content (AvgIpc) is 2.90. The highest BCUT2D eigenvalue weighted by Crippen LogP contribution is 2.24. The highest BCUT2D eigenvalue weighted by molar-refractivity contribution is 7.13. The Morgan fingerprint density at radius 1 is 1.43 bits per heavy atom. The fraction of sp³-hybridized carbons (Fsp3) is 0.412. The summed E-state index contributed by atoms with van der Waals surface area (Å²) in [5, 5.41) is 0.873. The Hall–Kier alpha value is -1.79. The van der Waals surface area contributed by atoms with Crippen molar-refractivity contribution in [2.45, 2.75) is 26.3 Å². The second-order valence-corrected chi connectivity index (χ2v) is 6.83. The van der Waals surface area contributed by atoms with E-state index < -0.39 is 0 Å². The molecule has 2 heterocycles. The van der Waals surface area contributed by atoms with Crippen molar-refractivity contribution in [3.63, 3.8) is 0 Å². The van der Waals surface area contributed by atoms with Crippen LogP contribution in [-0.2, 0) is 11.2 Å². The molecule has 122 valence electrons. The maximum absolute atomic E-state index is 13.0. The lowest BCUT2D eigenvalue weighted by Gasteiger charge is -2.33. The predicted molar refractivity (Wildman–Crippen MR) is 87.4 cm³/mol. The molecular formula is C17H19FN2O2S. The summed E-state index contributed by atoms with van der Waals surface area (Å²) in [4.78, 5) is 19.8. The molecule has 3 rings (SSSR count). The van der Waals surface area contributed by atoms with Crippen LogP contribution in [0, 0.1) is 12.7 Å². The number of benzene rings is 1. The first-order valence-corrected chi connectivity index (χ1v) is 8.45. The summed E-state index contributed by atoms with van der Waals surface area (Å²) in [6.45, 7) is 5.63. The summed E-state index contributed by atoms with van der Waals surface area (Å²) in [5.41, 5.74) is 1.75. The third kappa shape index (κ3) is 3.59. The second-order valence-electron chi connectivity index (χ2n) is 5.75. The Morgan fingerprint density at radius 2 is 2.17 bits per heavy atom. The topological polar surface area (TPSA) is 42.4 Å². The van der Waals surface area contributed by atoms with Crippen molar-refractivity contribution >= 4 is 17.2 Å². The highest BCUT2D eigenvalue weighted by Gasteiger charge is 2.27. The van der Waals surface area contributed by atoms with Gasteiger partial charge in [-0.15, -0.1) is 11.3 Å². The van der Waals surface area contributed by atoms with E-state index in [1.807, 2.05) is 18.7 Å². The Labute approximate surface area is 138 Å². The van der Waals surface area contributed by atoms with Gasteiger partial charge in [0.2, 0.25) is 0 Å². The predicted octanol–water partition coefficient (Wildman–Crippen LogP) is 3.04. The minimum atomic E-state index is -0.249. The van der Waals surface area contributed by atoms with E-state index in [4.69, 9.17) is 4.74 Å². The average molecular weight is 334 g/mol. The smallest absolute Gasteiger partial charge is 0.266 e. The standard InChI is InChI=1S/C17H19FN2O2S/c1-11-10-22-8-7-20(11)17(21)16-12(2)19-15(23-16)9-13-3-5-14(18)6-4-13/h3-6,11H,7-10H2,1-2H3/t11-/m1/s1. The van der Waals surface area contributed by atoms with E-state index in [0.29, 0.717) is 31.1 Å². The van der Waals surface area contributed by atoms with Crippen LogP contribution < -0.4 is 0 Å². The Balaban J connectivity index is 1.77.